The van der Waals surface area contributed by atoms with Gasteiger partial charge in [0.15, 0.2) is 5.13 Å². The van der Waals surface area contributed by atoms with E-state index in [0.717, 1.165) is 22.1 Å². The van der Waals surface area contributed by atoms with Crippen LogP contribution in [0, 0.1) is 0 Å². The molecule has 1 aromatic heterocycles. The molecule has 0 saturated heterocycles. The molecule has 0 atom stereocenters. The van der Waals surface area contributed by atoms with Crippen LogP contribution in [0.5, 0.6) is 0 Å². The SMILES string of the molecule is Clc1ccc(Nc2nc(-c3ccccc3Cl)cs2)cc1Cl. The fourth-order valence-corrected chi connectivity index (χ4v) is 3.08. The Morgan fingerprint density at radius 3 is 2.48 bits per heavy atom. The van der Waals surface area contributed by atoms with Gasteiger partial charge < -0.3 is 5.32 Å². The maximum absolute atomic E-state index is 6.18. The summed E-state index contributed by atoms with van der Waals surface area (Å²) in [5.41, 5.74) is 2.59. The number of nitrogens with one attached hydrogen (secondary N) is 1. The van der Waals surface area contributed by atoms with Crippen molar-refractivity contribution in [3.05, 3.63) is 62.9 Å². The quantitative estimate of drug-likeness (QED) is 0.579. The van der Waals surface area contributed by atoms with Gasteiger partial charge >= 0.3 is 0 Å². The van der Waals surface area contributed by atoms with Crippen LogP contribution in [0.15, 0.2) is 47.8 Å². The second-order valence-corrected chi connectivity index (χ2v) is 6.35. The van der Waals surface area contributed by atoms with Gasteiger partial charge in [-0.3, -0.25) is 0 Å². The number of hydrogen-bond donors (Lipinski definition) is 1. The Morgan fingerprint density at radius 2 is 1.71 bits per heavy atom. The minimum Gasteiger partial charge on any atom is -0.331 e. The van der Waals surface area contributed by atoms with Gasteiger partial charge in [-0.2, -0.15) is 0 Å². The van der Waals surface area contributed by atoms with Crippen LogP contribution in [0.2, 0.25) is 15.1 Å². The van der Waals surface area contributed by atoms with Gasteiger partial charge in [-0.25, -0.2) is 4.98 Å². The lowest BCUT2D eigenvalue weighted by Gasteiger charge is -2.04. The van der Waals surface area contributed by atoms with Crippen molar-refractivity contribution in [1.29, 1.82) is 0 Å². The van der Waals surface area contributed by atoms with Gasteiger partial charge in [-0.05, 0) is 24.3 Å². The molecule has 1 N–H and O–H groups in total. The third kappa shape index (κ3) is 3.33. The second kappa shape index (κ2) is 6.24. The van der Waals surface area contributed by atoms with E-state index < -0.39 is 0 Å². The standard InChI is InChI=1S/C15H9Cl3N2S/c16-11-4-2-1-3-10(11)14-8-21-15(20-14)19-9-5-6-12(17)13(18)7-9/h1-8H,(H,19,20). The highest BCUT2D eigenvalue weighted by atomic mass is 35.5. The highest BCUT2D eigenvalue weighted by molar-refractivity contribution is 7.14. The van der Waals surface area contributed by atoms with E-state index in [-0.39, 0.29) is 0 Å². The van der Waals surface area contributed by atoms with Crippen LogP contribution in [0.3, 0.4) is 0 Å². The van der Waals surface area contributed by atoms with Gasteiger partial charge in [0, 0.05) is 21.7 Å². The fraction of sp³-hybridized carbons (Fsp3) is 0. The van der Waals surface area contributed by atoms with Crippen molar-refractivity contribution < 1.29 is 0 Å². The molecule has 0 radical (unpaired) electrons. The van der Waals surface area contributed by atoms with Gasteiger partial charge in [0.1, 0.15) is 0 Å². The molecule has 0 spiro atoms. The van der Waals surface area contributed by atoms with Gasteiger partial charge in [0.05, 0.1) is 15.7 Å². The first-order valence-corrected chi connectivity index (χ1v) is 8.07. The van der Waals surface area contributed by atoms with Gasteiger partial charge in [0.25, 0.3) is 0 Å². The Bertz CT molecular complexity index is 786. The molecule has 3 rings (SSSR count). The second-order valence-electron chi connectivity index (χ2n) is 4.27. The average molecular weight is 356 g/mol. The minimum absolute atomic E-state index is 0.504. The van der Waals surface area contributed by atoms with E-state index >= 15 is 0 Å². The molecule has 2 nitrogen and oxygen atoms in total. The lowest BCUT2D eigenvalue weighted by molar-refractivity contribution is 1.38. The molecule has 3 aromatic rings. The molecule has 0 saturated carbocycles. The first-order chi connectivity index (χ1) is 10.1. The average Bonchev–Trinajstić information content (AvgIpc) is 2.92. The maximum atomic E-state index is 6.18. The molecule has 0 fully saturated rings. The zero-order chi connectivity index (χ0) is 14.8. The van der Waals surface area contributed by atoms with E-state index in [2.05, 4.69) is 10.3 Å². The summed E-state index contributed by atoms with van der Waals surface area (Å²) in [6.45, 7) is 0. The van der Waals surface area contributed by atoms with E-state index in [9.17, 15) is 0 Å². The van der Waals surface area contributed by atoms with Gasteiger partial charge in [-0.1, -0.05) is 53.0 Å². The zero-order valence-electron chi connectivity index (χ0n) is 10.6. The largest absolute Gasteiger partial charge is 0.331 e. The first-order valence-electron chi connectivity index (χ1n) is 6.06. The van der Waals surface area contributed by atoms with E-state index in [1.165, 1.54) is 11.3 Å². The number of hydrogen-bond acceptors (Lipinski definition) is 3. The van der Waals surface area contributed by atoms with Crippen LogP contribution in [0.4, 0.5) is 10.8 Å². The van der Waals surface area contributed by atoms with Crippen molar-refractivity contribution >= 4 is 57.0 Å². The molecule has 0 unspecified atom stereocenters. The van der Waals surface area contributed by atoms with E-state index in [4.69, 9.17) is 34.8 Å². The summed E-state index contributed by atoms with van der Waals surface area (Å²) in [5, 5.41) is 7.64. The summed E-state index contributed by atoms with van der Waals surface area (Å²) < 4.78 is 0. The van der Waals surface area contributed by atoms with Crippen LogP contribution in [0.1, 0.15) is 0 Å². The lowest BCUT2D eigenvalue weighted by atomic mass is 10.2. The van der Waals surface area contributed by atoms with Crippen molar-refractivity contribution in [3.63, 3.8) is 0 Å². The Labute approximate surface area is 141 Å². The third-order valence-corrected chi connectivity index (χ3v) is 4.65. The summed E-state index contributed by atoms with van der Waals surface area (Å²) in [6.07, 6.45) is 0. The highest BCUT2D eigenvalue weighted by Crippen LogP contribution is 2.32. The summed E-state index contributed by atoms with van der Waals surface area (Å²) in [4.78, 5) is 4.54. The van der Waals surface area contributed by atoms with Crippen LogP contribution >= 0.6 is 46.1 Å². The molecule has 0 bridgehead atoms. The number of halogens is 3. The molecule has 0 aliphatic carbocycles. The normalized spacial score (nSPS) is 10.6. The topological polar surface area (TPSA) is 24.9 Å². The van der Waals surface area contributed by atoms with E-state index in [0.29, 0.717) is 15.1 Å². The number of aromatic nitrogens is 1. The maximum Gasteiger partial charge on any atom is 0.187 e. The molecular formula is C15H9Cl3N2S. The Balaban J connectivity index is 1.85. The summed E-state index contributed by atoms with van der Waals surface area (Å²) in [7, 11) is 0. The Hall–Kier alpha value is -1.26. The number of nitrogens with zero attached hydrogens (tertiary/aromatic N) is 1. The Morgan fingerprint density at radius 1 is 0.905 bits per heavy atom. The van der Waals surface area contributed by atoms with Crippen molar-refractivity contribution in [2.45, 2.75) is 0 Å². The molecule has 0 amide bonds. The molecule has 2 aromatic carbocycles. The summed E-state index contributed by atoms with van der Waals surface area (Å²) >= 11 is 19.6. The predicted molar refractivity (Wildman–Crippen MR) is 92.3 cm³/mol. The number of benzene rings is 2. The van der Waals surface area contributed by atoms with Crippen molar-refractivity contribution in [2.75, 3.05) is 5.32 Å². The molecule has 106 valence electrons. The van der Waals surface area contributed by atoms with Crippen LogP contribution in [-0.4, -0.2) is 4.98 Å². The number of thiazole rings is 1. The van der Waals surface area contributed by atoms with Crippen molar-refractivity contribution in [3.8, 4) is 11.3 Å². The van der Waals surface area contributed by atoms with Crippen LogP contribution < -0.4 is 5.32 Å². The Kier molecular flexibility index (Phi) is 4.36. The van der Waals surface area contributed by atoms with Crippen LogP contribution in [-0.2, 0) is 0 Å². The number of rotatable bonds is 3. The van der Waals surface area contributed by atoms with E-state index in [1.807, 2.05) is 35.7 Å². The predicted octanol–water partition coefficient (Wildman–Crippen LogP) is 6.51. The molecule has 0 aliphatic rings. The van der Waals surface area contributed by atoms with E-state index in [1.54, 1.807) is 12.1 Å². The van der Waals surface area contributed by atoms with Gasteiger partial charge in [0.2, 0.25) is 0 Å². The lowest BCUT2D eigenvalue weighted by Crippen LogP contribution is -1.89. The molecule has 6 heteroatoms. The van der Waals surface area contributed by atoms with Crippen molar-refractivity contribution in [2.24, 2.45) is 0 Å². The van der Waals surface area contributed by atoms with Gasteiger partial charge in [-0.15, -0.1) is 11.3 Å². The molecular weight excluding hydrogens is 347 g/mol. The summed E-state index contributed by atoms with van der Waals surface area (Å²) in [5.74, 6) is 0. The first kappa shape index (κ1) is 14.7. The molecule has 1 heterocycles. The fourth-order valence-electron chi connectivity index (χ4n) is 1.82. The number of anilines is 2. The highest BCUT2D eigenvalue weighted by Gasteiger charge is 2.08. The zero-order valence-corrected chi connectivity index (χ0v) is 13.7. The minimum atomic E-state index is 0.504. The van der Waals surface area contributed by atoms with Crippen molar-refractivity contribution in [1.82, 2.24) is 4.98 Å². The monoisotopic (exact) mass is 354 g/mol. The smallest absolute Gasteiger partial charge is 0.187 e. The molecule has 21 heavy (non-hydrogen) atoms. The molecule has 0 aliphatic heterocycles. The van der Waals surface area contributed by atoms with Crippen LogP contribution in [0.25, 0.3) is 11.3 Å². The summed E-state index contributed by atoms with van der Waals surface area (Å²) in [6, 6.07) is 13.0. The third-order valence-electron chi connectivity index (χ3n) is 2.82.